The molecule has 0 spiro atoms. The smallest absolute Gasteiger partial charge is 0.321 e. The van der Waals surface area contributed by atoms with Crippen molar-refractivity contribution in [3.8, 4) is 11.8 Å². The molecule has 0 atom stereocenters. The van der Waals surface area contributed by atoms with Crippen molar-refractivity contribution in [1.29, 1.82) is 5.26 Å². The first kappa shape index (κ1) is 16.9. The Hall–Kier alpha value is -2.55. The van der Waals surface area contributed by atoms with Gasteiger partial charge in [-0.3, -0.25) is 10.1 Å². The van der Waals surface area contributed by atoms with E-state index in [1.807, 2.05) is 6.07 Å². The predicted octanol–water partition coefficient (Wildman–Crippen LogP) is 2.73. The Morgan fingerprint density at radius 1 is 1.12 bits per heavy atom. The summed E-state index contributed by atoms with van der Waals surface area (Å²) < 4.78 is 5.37. The average molecular weight is 353 g/mol. The highest BCUT2D eigenvalue weighted by Gasteiger charge is 2.51. The van der Waals surface area contributed by atoms with Crippen LogP contribution >= 0.6 is 0 Å². The van der Waals surface area contributed by atoms with Crippen LogP contribution in [0.5, 0.6) is 5.75 Å². The number of ether oxygens (including phenoxy) is 1. The van der Waals surface area contributed by atoms with Crippen LogP contribution in [0.1, 0.15) is 44.1 Å². The maximum atomic E-state index is 12.3. The lowest BCUT2D eigenvalue weighted by Gasteiger charge is -2.56. The largest absolute Gasteiger partial charge is 0.482 e. The summed E-state index contributed by atoms with van der Waals surface area (Å²) in [5.74, 6) is 2.00. The Morgan fingerprint density at radius 3 is 2.35 bits per heavy atom. The molecule has 1 aromatic rings. The monoisotopic (exact) mass is 353 g/mol. The lowest BCUT2D eigenvalue weighted by molar-refractivity contribution is -0.122. The van der Waals surface area contributed by atoms with E-state index >= 15 is 0 Å². The Balaban J connectivity index is 1.30. The molecule has 0 aliphatic heterocycles. The van der Waals surface area contributed by atoms with Crippen molar-refractivity contribution in [3.63, 3.8) is 0 Å². The Bertz CT molecular complexity index is 733. The SMILES string of the molecule is N#Cc1ccccc1OCC(=O)NC(=O)NC12CC3CC(CC(C3)C1)C2. The summed E-state index contributed by atoms with van der Waals surface area (Å²) in [6, 6.07) is 8.27. The fourth-order valence-corrected chi connectivity index (χ4v) is 5.53. The topological polar surface area (TPSA) is 91.2 Å². The van der Waals surface area contributed by atoms with E-state index in [1.54, 1.807) is 24.3 Å². The molecule has 0 radical (unpaired) electrons. The molecule has 0 saturated heterocycles. The van der Waals surface area contributed by atoms with Crippen molar-refractivity contribution in [3.05, 3.63) is 29.8 Å². The zero-order valence-electron chi connectivity index (χ0n) is 14.7. The van der Waals surface area contributed by atoms with Crippen LogP contribution in [0, 0.1) is 29.1 Å². The highest BCUT2D eigenvalue weighted by atomic mass is 16.5. The van der Waals surface area contributed by atoms with Gasteiger partial charge < -0.3 is 10.1 Å². The van der Waals surface area contributed by atoms with Crippen LogP contribution in [0.25, 0.3) is 0 Å². The molecule has 2 N–H and O–H groups in total. The van der Waals surface area contributed by atoms with Crippen LogP contribution in [0.2, 0.25) is 0 Å². The molecule has 3 amide bonds. The van der Waals surface area contributed by atoms with Crippen molar-refractivity contribution in [2.24, 2.45) is 17.8 Å². The number of imide groups is 1. The van der Waals surface area contributed by atoms with Crippen LogP contribution in [0.4, 0.5) is 4.79 Å². The number of carbonyl (C=O) groups excluding carboxylic acids is 2. The number of rotatable bonds is 4. The van der Waals surface area contributed by atoms with Gasteiger partial charge in [-0.05, 0) is 68.4 Å². The van der Waals surface area contributed by atoms with Gasteiger partial charge in [0.1, 0.15) is 11.8 Å². The van der Waals surface area contributed by atoms with Crippen LogP contribution in [-0.2, 0) is 4.79 Å². The second-order valence-electron chi connectivity index (χ2n) is 8.10. The van der Waals surface area contributed by atoms with E-state index in [9.17, 15) is 9.59 Å². The third-order valence-corrected chi connectivity index (χ3v) is 6.04. The number of para-hydroxylation sites is 1. The number of carbonyl (C=O) groups is 2. The summed E-state index contributed by atoms with van der Waals surface area (Å²) >= 11 is 0. The molecule has 5 rings (SSSR count). The van der Waals surface area contributed by atoms with Gasteiger partial charge in [0.25, 0.3) is 5.91 Å². The quantitative estimate of drug-likeness (QED) is 0.871. The first-order valence-electron chi connectivity index (χ1n) is 9.29. The standard InChI is InChI=1S/C20H23N3O3/c21-11-16-3-1-2-4-17(16)26-12-18(24)22-19(25)23-20-8-13-5-14(9-20)7-15(6-13)10-20/h1-4,13-15H,5-10,12H2,(H2,22,23,24,25). The molecular weight excluding hydrogens is 330 g/mol. The van der Waals surface area contributed by atoms with Crippen molar-refractivity contribution in [1.82, 2.24) is 10.6 Å². The Morgan fingerprint density at radius 2 is 1.73 bits per heavy atom. The van der Waals surface area contributed by atoms with Gasteiger partial charge in [0, 0.05) is 5.54 Å². The summed E-state index contributed by atoms with van der Waals surface area (Å²) in [5, 5.41) is 14.5. The van der Waals surface area contributed by atoms with E-state index in [2.05, 4.69) is 10.6 Å². The van der Waals surface area contributed by atoms with Gasteiger partial charge in [-0.15, -0.1) is 0 Å². The van der Waals surface area contributed by atoms with Crippen LogP contribution in [0.3, 0.4) is 0 Å². The van der Waals surface area contributed by atoms with Crippen molar-refractivity contribution in [2.45, 2.75) is 44.1 Å². The molecule has 4 saturated carbocycles. The van der Waals surface area contributed by atoms with E-state index in [0.29, 0.717) is 11.3 Å². The third-order valence-electron chi connectivity index (χ3n) is 6.04. The van der Waals surface area contributed by atoms with Gasteiger partial charge >= 0.3 is 6.03 Å². The van der Waals surface area contributed by atoms with Crippen LogP contribution in [0.15, 0.2) is 24.3 Å². The summed E-state index contributed by atoms with van der Waals surface area (Å²) in [7, 11) is 0. The zero-order chi connectivity index (χ0) is 18.1. The predicted molar refractivity (Wildman–Crippen MR) is 94.2 cm³/mol. The van der Waals surface area contributed by atoms with Crippen LogP contribution in [-0.4, -0.2) is 24.1 Å². The third kappa shape index (κ3) is 3.39. The number of amides is 3. The lowest BCUT2D eigenvalue weighted by Crippen LogP contribution is -2.62. The average Bonchev–Trinajstić information content (AvgIpc) is 2.58. The molecule has 4 fully saturated rings. The van der Waals surface area contributed by atoms with Crippen molar-refractivity contribution >= 4 is 11.9 Å². The maximum absolute atomic E-state index is 12.3. The number of nitriles is 1. The van der Waals surface area contributed by atoms with Gasteiger partial charge in [-0.2, -0.15) is 5.26 Å². The van der Waals surface area contributed by atoms with E-state index in [1.165, 1.54) is 19.3 Å². The minimum Gasteiger partial charge on any atom is -0.482 e. The molecule has 0 unspecified atom stereocenters. The molecule has 0 aromatic heterocycles. The fourth-order valence-electron chi connectivity index (χ4n) is 5.53. The second-order valence-corrected chi connectivity index (χ2v) is 8.10. The number of benzene rings is 1. The molecule has 136 valence electrons. The summed E-state index contributed by atoms with van der Waals surface area (Å²) in [6.45, 7) is -0.299. The molecule has 4 bridgehead atoms. The van der Waals surface area contributed by atoms with Gasteiger partial charge in [0.15, 0.2) is 6.61 Å². The highest BCUT2D eigenvalue weighted by molar-refractivity contribution is 5.95. The van der Waals surface area contributed by atoms with E-state index in [-0.39, 0.29) is 12.1 Å². The number of urea groups is 1. The molecule has 4 aliphatic carbocycles. The number of nitrogens with one attached hydrogen (secondary N) is 2. The molecule has 0 heterocycles. The van der Waals surface area contributed by atoms with E-state index in [0.717, 1.165) is 37.0 Å². The summed E-state index contributed by atoms with van der Waals surface area (Å²) in [6.07, 6.45) is 7.00. The normalized spacial score (nSPS) is 31.1. The van der Waals surface area contributed by atoms with E-state index in [4.69, 9.17) is 10.00 Å². The minimum absolute atomic E-state index is 0.132. The van der Waals surface area contributed by atoms with Gasteiger partial charge in [0.2, 0.25) is 0 Å². The first-order valence-corrected chi connectivity index (χ1v) is 9.29. The molecule has 6 nitrogen and oxygen atoms in total. The Labute approximate surface area is 152 Å². The maximum Gasteiger partial charge on any atom is 0.321 e. The lowest BCUT2D eigenvalue weighted by atomic mass is 9.53. The fraction of sp³-hybridized carbons (Fsp3) is 0.550. The van der Waals surface area contributed by atoms with Crippen molar-refractivity contribution in [2.75, 3.05) is 6.61 Å². The first-order chi connectivity index (χ1) is 12.5. The summed E-state index contributed by atoms with van der Waals surface area (Å²) in [4.78, 5) is 24.4. The number of hydrogen-bond acceptors (Lipinski definition) is 4. The zero-order valence-corrected chi connectivity index (χ0v) is 14.7. The molecule has 6 heteroatoms. The van der Waals surface area contributed by atoms with Gasteiger partial charge in [-0.1, -0.05) is 12.1 Å². The molecule has 26 heavy (non-hydrogen) atoms. The minimum atomic E-state index is -0.514. The second kappa shape index (κ2) is 6.64. The Kier molecular flexibility index (Phi) is 4.31. The number of hydrogen-bond donors (Lipinski definition) is 2. The molecule has 1 aromatic carbocycles. The molecular formula is C20H23N3O3. The van der Waals surface area contributed by atoms with Gasteiger partial charge in [0.05, 0.1) is 5.56 Å². The number of nitrogens with zero attached hydrogens (tertiary/aromatic N) is 1. The molecule has 4 aliphatic rings. The highest BCUT2D eigenvalue weighted by Crippen LogP contribution is 2.55. The van der Waals surface area contributed by atoms with Gasteiger partial charge in [-0.25, -0.2) is 4.79 Å². The summed E-state index contributed by atoms with van der Waals surface area (Å²) in [5.41, 5.74) is 0.228. The van der Waals surface area contributed by atoms with Crippen molar-refractivity contribution < 1.29 is 14.3 Å². The van der Waals surface area contributed by atoms with Crippen LogP contribution < -0.4 is 15.4 Å². The van der Waals surface area contributed by atoms with E-state index < -0.39 is 11.9 Å².